The topological polar surface area (TPSA) is 40.5 Å². The van der Waals surface area contributed by atoms with Crippen LogP contribution in [0.4, 0.5) is 0 Å². The van der Waals surface area contributed by atoms with Crippen LogP contribution in [0.5, 0.6) is 0 Å². The highest BCUT2D eigenvalue weighted by molar-refractivity contribution is 14.1. The average molecular weight is 351 g/mol. The summed E-state index contributed by atoms with van der Waals surface area (Å²) in [7, 11) is 0. The van der Waals surface area contributed by atoms with Gasteiger partial charge in [0, 0.05) is 5.38 Å². The number of rotatable bonds is 3. The van der Waals surface area contributed by atoms with Crippen molar-refractivity contribution in [3.05, 3.63) is 19.9 Å². The van der Waals surface area contributed by atoms with Gasteiger partial charge in [0.05, 0.1) is 27.1 Å². The molecule has 0 aromatic carbocycles. The molecular formula is C11H14INO2S. The van der Waals surface area contributed by atoms with Gasteiger partial charge < -0.3 is 10.0 Å². The van der Waals surface area contributed by atoms with Crippen LogP contribution in [0.2, 0.25) is 0 Å². The molecule has 0 unspecified atom stereocenters. The fraction of sp³-hybridized carbons (Fsp3) is 0.545. The lowest BCUT2D eigenvalue weighted by atomic mass is 9.89. The van der Waals surface area contributed by atoms with Gasteiger partial charge in [-0.2, -0.15) is 0 Å². The fourth-order valence-corrected chi connectivity index (χ4v) is 3.36. The van der Waals surface area contributed by atoms with Crippen LogP contribution in [0.3, 0.4) is 0 Å². The lowest BCUT2D eigenvalue weighted by Gasteiger charge is -2.46. The molecule has 1 aliphatic heterocycles. The first-order valence-corrected chi connectivity index (χ1v) is 7.25. The van der Waals surface area contributed by atoms with E-state index < -0.39 is 5.60 Å². The van der Waals surface area contributed by atoms with Crippen molar-refractivity contribution in [2.75, 3.05) is 13.1 Å². The Bertz CT molecular complexity index is 398. The standard InChI is InChI=1S/C11H14INO2S/c1-2-3-11(15)6-13(7-11)10(14)8-4-9(12)16-5-8/h4-5,15H,2-3,6-7H2,1H3. The number of β-amino-alcohol motifs (C(OH)–C–C–N with tert-alkyl or cyclic N) is 1. The van der Waals surface area contributed by atoms with E-state index in [1.54, 1.807) is 16.2 Å². The van der Waals surface area contributed by atoms with Gasteiger partial charge in [0.25, 0.3) is 5.91 Å². The van der Waals surface area contributed by atoms with Gasteiger partial charge in [0.15, 0.2) is 0 Å². The average Bonchev–Trinajstić information content (AvgIpc) is 2.60. The second kappa shape index (κ2) is 4.62. The van der Waals surface area contributed by atoms with Gasteiger partial charge in [0.2, 0.25) is 0 Å². The highest BCUT2D eigenvalue weighted by Crippen LogP contribution is 2.28. The van der Waals surface area contributed by atoms with Crippen LogP contribution in [0, 0.1) is 2.88 Å². The number of hydrogen-bond donors (Lipinski definition) is 1. The van der Waals surface area contributed by atoms with Crippen LogP contribution in [0.1, 0.15) is 30.1 Å². The molecule has 1 aliphatic rings. The van der Waals surface area contributed by atoms with Crippen molar-refractivity contribution < 1.29 is 9.90 Å². The Hall–Kier alpha value is -0.140. The van der Waals surface area contributed by atoms with E-state index >= 15 is 0 Å². The predicted octanol–water partition coefficient (Wildman–Crippen LogP) is 2.34. The highest BCUT2D eigenvalue weighted by Gasteiger charge is 2.42. The van der Waals surface area contributed by atoms with Gasteiger partial charge in [-0.15, -0.1) is 11.3 Å². The molecule has 2 rings (SSSR count). The van der Waals surface area contributed by atoms with Crippen molar-refractivity contribution in [1.29, 1.82) is 0 Å². The van der Waals surface area contributed by atoms with Gasteiger partial charge in [-0.05, 0) is 35.1 Å². The first kappa shape index (κ1) is 12.3. The number of hydrogen-bond acceptors (Lipinski definition) is 3. The zero-order chi connectivity index (χ0) is 11.8. The number of thiophene rings is 1. The zero-order valence-electron chi connectivity index (χ0n) is 9.07. The summed E-state index contributed by atoms with van der Waals surface area (Å²) in [5.41, 5.74) is 0.112. The van der Waals surface area contributed by atoms with Crippen LogP contribution < -0.4 is 0 Å². The summed E-state index contributed by atoms with van der Waals surface area (Å²) in [5.74, 6) is 0.0416. The molecule has 88 valence electrons. The minimum Gasteiger partial charge on any atom is -0.386 e. The Morgan fingerprint density at radius 3 is 2.88 bits per heavy atom. The molecule has 1 saturated heterocycles. The smallest absolute Gasteiger partial charge is 0.254 e. The van der Waals surface area contributed by atoms with Crippen LogP contribution in [0.15, 0.2) is 11.4 Å². The number of carbonyl (C=O) groups excluding carboxylic acids is 1. The van der Waals surface area contributed by atoms with Crippen LogP contribution in [0.25, 0.3) is 0 Å². The second-order valence-corrected chi connectivity index (χ2v) is 7.08. The van der Waals surface area contributed by atoms with E-state index in [1.807, 2.05) is 18.4 Å². The monoisotopic (exact) mass is 351 g/mol. The van der Waals surface area contributed by atoms with E-state index in [9.17, 15) is 9.90 Å². The van der Waals surface area contributed by atoms with Crippen LogP contribution >= 0.6 is 33.9 Å². The largest absolute Gasteiger partial charge is 0.386 e. The molecule has 0 bridgehead atoms. The minimum atomic E-state index is -0.631. The summed E-state index contributed by atoms with van der Waals surface area (Å²) in [5, 5.41) is 11.9. The molecule has 0 saturated carbocycles. The Labute approximate surface area is 113 Å². The van der Waals surface area contributed by atoms with Crippen molar-refractivity contribution in [3.8, 4) is 0 Å². The van der Waals surface area contributed by atoms with Gasteiger partial charge >= 0.3 is 0 Å². The quantitative estimate of drug-likeness (QED) is 0.850. The predicted molar refractivity (Wildman–Crippen MR) is 72.8 cm³/mol. The molecule has 5 heteroatoms. The molecule has 1 aromatic rings. The van der Waals surface area contributed by atoms with Crippen molar-refractivity contribution in [2.24, 2.45) is 0 Å². The summed E-state index contributed by atoms with van der Waals surface area (Å²) < 4.78 is 1.12. The van der Waals surface area contributed by atoms with E-state index in [1.165, 1.54) is 0 Å². The van der Waals surface area contributed by atoms with Crippen LogP contribution in [-0.4, -0.2) is 34.6 Å². The molecule has 1 fully saturated rings. The Morgan fingerprint density at radius 1 is 1.69 bits per heavy atom. The number of likely N-dealkylation sites (tertiary alicyclic amines) is 1. The van der Waals surface area contributed by atoms with E-state index in [-0.39, 0.29) is 5.91 Å². The van der Waals surface area contributed by atoms with Crippen molar-refractivity contribution >= 4 is 39.8 Å². The van der Waals surface area contributed by atoms with E-state index in [0.717, 1.165) is 21.3 Å². The maximum atomic E-state index is 12.0. The molecule has 1 N–H and O–H groups in total. The minimum absolute atomic E-state index is 0.0416. The summed E-state index contributed by atoms with van der Waals surface area (Å²) in [6, 6.07) is 1.89. The molecule has 0 aliphatic carbocycles. The molecule has 0 atom stereocenters. The zero-order valence-corrected chi connectivity index (χ0v) is 12.0. The molecule has 0 radical (unpaired) electrons. The Morgan fingerprint density at radius 2 is 2.38 bits per heavy atom. The molecule has 16 heavy (non-hydrogen) atoms. The van der Waals surface area contributed by atoms with E-state index in [0.29, 0.717) is 13.1 Å². The maximum absolute atomic E-state index is 12.0. The third-order valence-corrected chi connectivity index (χ3v) is 4.58. The SMILES string of the molecule is CCCC1(O)CN(C(=O)c2csc(I)c2)C1. The van der Waals surface area contributed by atoms with Gasteiger partial charge in [-0.1, -0.05) is 13.3 Å². The molecular weight excluding hydrogens is 337 g/mol. The highest BCUT2D eigenvalue weighted by atomic mass is 127. The Kier molecular flexibility index (Phi) is 3.56. The fourth-order valence-electron chi connectivity index (χ4n) is 2.04. The number of nitrogens with zero attached hydrogens (tertiary/aromatic N) is 1. The summed E-state index contributed by atoms with van der Waals surface area (Å²) in [6.07, 6.45) is 1.73. The molecule has 1 aromatic heterocycles. The molecule has 3 nitrogen and oxygen atoms in total. The number of aliphatic hydroxyl groups is 1. The first-order valence-electron chi connectivity index (χ1n) is 5.30. The normalized spacial score (nSPS) is 18.3. The van der Waals surface area contributed by atoms with Crippen molar-refractivity contribution in [1.82, 2.24) is 4.90 Å². The second-order valence-electron chi connectivity index (χ2n) is 4.28. The number of halogens is 1. The van der Waals surface area contributed by atoms with Crippen LogP contribution in [-0.2, 0) is 0 Å². The number of carbonyl (C=O) groups is 1. The van der Waals surface area contributed by atoms with E-state index in [4.69, 9.17) is 0 Å². The third-order valence-electron chi connectivity index (χ3n) is 2.79. The summed E-state index contributed by atoms with van der Waals surface area (Å²) in [6.45, 7) is 3.00. The molecule has 2 heterocycles. The molecule has 1 amide bonds. The van der Waals surface area contributed by atoms with Crippen molar-refractivity contribution in [2.45, 2.75) is 25.4 Å². The Balaban J connectivity index is 1.95. The van der Waals surface area contributed by atoms with Gasteiger partial charge in [0.1, 0.15) is 0 Å². The van der Waals surface area contributed by atoms with Gasteiger partial charge in [-0.25, -0.2) is 0 Å². The lowest BCUT2D eigenvalue weighted by molar-refractivity contribution is -0.0859. The summed E-state index contributed by atoms with van der Waals surface area (Å²) in [4.78, 5) is 13.7. The number of amides is 1. The molecule has 0 spiro atoms. The first-order chi connectivity index (χ1) is 7.54. The maximum Gasteiger partial charge on any atom is 0.254 e. The third kappa shape index (κ3) is 2.41. The van der Waals surface area contributed by atoms with Crippen molar-refractivity contribution in [3.63, 3.8) is 0 Å². The van der Waals surface area contributed by atoms with E-state index in [2.05, 4.69) is 22.6 Å². The summed E-state index contributed by atoms with van der Waals surface area (Å²) >= 11 is 3.78. The lowest BCUT2D eigenvalue weighted by Crippen LogP contribution is -2.63. The van der Waals surface area contributed by atoms with Gasteiger partial charge in [-0.3, -0.25) is 4.79 Å².